The molecule has 0 aliphatic heterocycles. The maximum Gasteiger partial charge on any atom is 0.259 e. The van der Waals surface area contributed by atoms with E-state index >= 15 is 0 Å². The minimum atomic E-state index is -0.292. The zero-order chi connectivity index (χ0) is 15.4. The van der Waals surface area contributed by atoms with E-state index in [9.17, 15) is 9.59 Å². The predicted octanol–water partition coefficient (Wildman–Crippen LogP) is 1.41. The van der Waals surface area contributed by atoms with Crippen LogP contribution in [0.4, 0.5) is 0 Å². The van der Waals surface area contributed by atoms with Gasteiger partial charge in [-0.05, 0) is 18.1 Å². The van der Waals surface area contributed by atoms with Crippen LogP contribution in [-0.4, -0.2) is 22.8 Å². The first-order chi connectivity index (χ1) is 10.0. The Bertz CT molecular complexity index is 689. The van der Waals surface area contributed by atoms with Crippen molar-refractivity contribution in [2.75, 3.05) is 7.05 Å². The molecule has 110 valence electrons. The smallest absolute Gasteiger partial charge is 0.259 e. The summed E-state index contributed by atoms with van der Waals surface area (Å²) in [5.41, 5.74) is 8.21. The van der Waals surface area contributed by atoms with E-state index in [0.29, 0.717) is 13.1 Å². The number of nitrogens with two attached hydrogens (primary N) is 1. The summed E-state index contributed by atoms with van der Waals surface area (Å²) >= 11 is 0. The summed E-state index contributed by atoms with van der Waals surface area (Å²) in [6, 6.07) is 9.17. The number of aromatic nitrogens is 1. The molecular weight excluding hydrogens is 266 g/mol. The summed E-state index contributed by atoms with van der Waals surface area (Å²) in [5.74, 6) is -0.292. The zero-order valence-electron chi connectivity index (χ0n) is 12.2. The number of amides is 1. The van der Waals surface area contributed by atoms with Crippen molar-refractivity contribution in [1.82, 2.24) is 9.88 Å². The minimum Gasteiger partial charge on any atom is -0.364 e. The lowest BCUT2D eigenvalue weighted by Crippen LogP contribution is -2.30. The minimum absolute atomic E-state index is 0.154. The average molecular weight is 285 g/mol. The second-order valence-corrected chi connectivity index (χ2v) is 5.08. The number of hydrogen-bond donors (Lipinski definition) is 2. The van der Waals surface area contributed by atoms with E-state index in [4.69, 9.17) is 5.73 Å². The molecule has 2 aromatic rings. The highest BCUT2D eigenvalue weighted by molar-refractivity contribution is 5.93. The molecule has 5 heteroatoms. The van der Waals surface area contributed by atoms with E-state index in [2.05, 4.69) is 4.98 Å². The number of nitrogens with zero attached hydrogens (tertiary/aromatic N) is 1. The third kappa shape index (κ3) is 3.58. The van der Waals surface area contributed by atoms with Crippen LogP contribution in [0, 0.1) is 6.92 Å². The van der Waals surface area contributed by atoms with Gasteiger partial charge in [0.05, 0.1) is 0 Å². The zero-order valence-corrected chi connectivity index (χ0v) is 12.2. The maximum atomic E-state index is 12.3. The summed E-state index contributed by atoms with van der Waals surface area (Å²) in [7, 11) is 1.68. The van der Waals surface area contributed by atoms with Gasteiger partial charge in [-0.1, -0.05) is 24.3 Å². The van der Waals surface area contributed by atoms with Gasteiger partial charge in [0.2, 0.25) is 0 Å². The Balaban J connectivity index is 2.13. The number of pyridine rings is 1. The lowest BCUT2D eigenvalue weighted by Gasteiger charge is -2.17. The van der Waals surface area contributed by atoms with E-state index in [-0.39, 0.29) is 16.9 Å². The van der Waals surface area contributed by atoms with Crippen LogP contribution >= 0.6 is 0 Å². The normalized spacial score (nSPS) is 10.4. The molecule has 21 heavy (non-hydrogen) atoms. The van der Waals surface area contributed by atoms with Crippen LogP contribution in [-0.2, 0) is 13.1 Å². The molecule has 1 aromatic carbocycles. The van der Waals surface area contributed by atoms with Crippen LogP contribution < -0.4 is 11.2 Å². The quantitative estimate of drug-likeness (QED) is 0.891. The van der Waals surface area contributed by atoms with Crippen molar-refractivity contribution in [3.8, 4) is 0 Å². The maximum absolute atomic E-state index is 12.3. The van der Waals surface area contributed by atoms with Crippen molar-refractivity contribution in [1.29, 1.82) is 0 Å². The number of carbonyl (C=O) groups excluding carboxylic acids is 1. The van der Waals surface area contributed by atoms with Crippen molar-refractivity contribution in [3.63, 3.8) is 0 Å². The number of benzene rings is 1. The first-order valence-electron chi connectivity index (χ1n) is 6.74. The molecule has 1 aromatic heterocycles. The van der Waals surface area contributed by atoms with Crippen LogP contribution in [0.2, 0.25) is 0 Å². The van der Waals surface area contributed by atoms with Crippen molar-refractivity contribution >= 4 is 5.91 Å². The van der Waals surface area contributed by atoms with Crippen LogP contribution in [0.15, 0.2) is 41.3 Å². The fraction of sp³-hybridized carbons (Fsp3) is 0.250. The lowest BCUT2D eigenvalue weighted by atomic mass is 10.1. The van der Waals surface area contributed by atoms with Gasteiger partial charge < -0.3 is 15.6 Å². The number of carbonyl (C=O) groups is 1. The monoisotopic (exact) mass is 285 g/mol. The van der Waals surface area contributed by atoms with Gasteiger partial charge in [-0.25, -0.2) is 0 Å². The summed E-state index contributed by atoms with van der Waals surface area (Å²) in [5, 5.41) is 0. The summed E-state index contributed by atoms with van der Waals surface area (Å²) in [6.07, 6.45) is 1.47. The SMILES string of the molecule is Cc1cc(=O)c(C(=O)N(C)Cc2ccc(CN)cc2)c[nH]1. The first-order valence-corrected chi connectivity index (χ1v) is 6.74. The van der Waals surface area contributed by atoms with Crippen LogP contribution in [0.1, 0.15) is 27.2 Å². The third-order valence-corrected chi connectivity index (χ3v) is 3.31. The molecule has 0 saturated carbocycles. The van der Waals surface area contributed by atoms with Crippen molar-refractivity contribution in [2.45, 2.75) is 20.0 Å². The Morgan fingerprint density at radius 2 is 1.86 bits per heavy atom. The fourth-order valence-electron chi connectivity index (χ4n) is 2.07. The molecule has 0 atom stereocenters. The topological polar surface area (TPSA) is 79.2 Å². The Morgan fingerprint density at radius 3 is 2.43 bits per heavy atom. The Hall–Kier alpha value is -2.40. The second kappa shape index (κ2) is 6.37. The molecule has 0 unspecified atom stereocenters. The summed E-state index contributed by atoms with van der Waals surface area (Å²) < 4.78 is 0. The Labute approximate surface area is 123 Å². The fourth-order valence-corrected chi connectivity index (χ4v) is 2.07. The van der Waals surface area contributed by atoms with Gasteiger partial charge in [-0.2, -0.15) is 0 Å². The number of rotatable bonds is 4. The first kappa shape index (κ1) is 15.0. The van der Waals surface area contributed by atoms with E-state index in [1.807, 2.05) is 24.3 Å². The number of nitrogens with one attached hydrogen (secondary N) is 1. The Kier molecular flexibility index (Phi) is 4.55. The van der Waals surface area contributed by atoms with E-state index < -0.39 is 0 Å². The average Bonchev–Trinajstić information content (AvgIpc) is 2.47. The Morgan fingerprint density at radius 1 is 1.24 bits per heavy atom. The second-order valence-electron chi connectivity index (χ2n) is 5.08. The molecular formula is C16H19N3O2. The summed E-state index contributed by atoms with van der Waals surface area (Å²) in [4.78, 5) is 28.5. The predicted molar refractivity (Wildman–Crippen MR) is 81.9 cm³/mol. The van der Waals surface area contributed by atoms with Gasteiger partial charge in [0.1, 0.15) is 5.56 Å². The van der Waals surface area contributed by atoms with Crippen LogP contribution in [0.3, 0.4) is 0 Å². The molecule has 2 rings (SSSR count). The van der Waals surface area contributed by atoms with Crippen LogP contribution in [0.25, 0.3) is 0 Å². The van der Waals surface area contributed by atoms with Gasteiger partial charge in [0, 0.05) is 38.1 Å². The van der Waals surface area contributed by atoms with Crippen LogP contribution in [0.5, 0.6) is 0 Å². The molecule has 1 amide bonds. The van der Waals surface area contributed by atoms with E-state index in [0.717, 1.165) is 16.8 Å². The summed E-state index contributed by atoms with van der Waals surface area (Å²) in [6.45, 7) is 2.71. The molecule has 0 spiro atoms. The largest absolute Gasteiger partial charge is 0.364 e. The molecule has 0 aliphatic carbocycles. The van der Waals surface area contributed by atoms with E-state index in [1.54, 1.807) is 14.0 Å². The molecule has 0 radical (unpaired) electrons. The number of H-pyrrole nitrogens is 1. The van der Waals surface area contributed by atoms with Crippen molar-refractivity contribution in [3.05, 3.63) is 69.1 Å². The van der Waals surface area contributed by atoms with Gasteiger partial charge in [-0.3, -0.25) is 9.59 Å². The van der Waals surface area contributed by atoms with Crippen molar-refractivity contribution in [2.24, 2.45) is 5.73 Å². The molecule has 5 nitrogen and oxygen atoms in total. The van der Waals surface area contributed by atoms with Gasteiger partial charge in [0.15, 0.2) is 5.43 Å². The highest BCUT2D eigenvalue weighted by atomic mass is 16.2. The molecule has 0 fully saturated rings. The number of aryl methyl sites for hydroxylation is 1. The van der Waals surface area contributed by atoms with Gasteiger partial charge in [-0.15, -0.1) is 0 Å². The molecule has 0 aliphatic rings. The molecule has 1 heterocycles. The molecule has 0 saturated heterocycles. The third-order valence-electron chi connectivity index (χ3n) is 3.31. The lowest BCUT2D eigenvalue weighted by molar-refractivity contribution is 0.0783. The van der Waals surface area contributed by atoms with Gasteiger partial charge >= 0.3 is 0 Å². The molecule has 3 N–H and O–H groups in total. The van der Waals surface area contributed by atoms with E-state index in [1.165, 1.54) is 17.2 Å². The molecule has 0 bridgehead atoms. The van der Waals surface area contributed by atoms with Crippen molar-refractivity contribution < 1.29 is 4.79 Å². The number of hydrogen-bond acceptors (Lipinski definition) is 3. The standard InChI is InChI=1S/C16H19N3O2/c1-11-7-15(20)14(9-18-11)16(21)19(2)10-13-5-3-12(8-17)4-6-13/h3-7,9H,8,10,17H2,1-2H3,(H,18,20). The number of aromatic amines is 1. The van der Waals surface area contributed by atoms with Gasteiger partial charge in [0.25, 0.3) is 5.91 Å². The highest BCUT2D eigenvalue weighted by Gasteiger charge is 2.15. The highest BCUT2D eigenvalue weighted by Crippen LogP contribution is 2.08.